The van der Waals surface area contributed by atoms with E-state index in [2.05, 4.69) is 95.2 Å². The summed E-state index contributed by atoms with van der Waals surface area (Å²) in [5, 5.41) is 9.15. The van der Waals surface area contributed by atoms with Crippen LogP contribution in [0.5, 0.6) is 0 Å². The predicted molar refractivity (Wildman–Crippen MR) is 108 cm³/mol. The zero-order chi connectivity index (χ0) is 17.2. The molecule has 5 heteroatoms. The lowest BCUT2D eigenvalue weighted by molar-refractivity contribution is 0.357. The van der Waals surface area contributed by atoms with Crippen LogP contribution in [0.4, 0.5) is 0 Å². The topological polar surface area (TPSA) is 30.7 Å². The molecule has 1 aliphatic rings. The van der Waals surface area contributed by atoms with Crippen molar-refractivity contribution in [3.8, 4) is 22.8 Å². The second kappa shape index (κ2) is 7.42. The van der Waals surface area contributed by atoms with Gasteiger partial charge in [-0.15, -0.1) is 10.2 Å². The Bertz CT molecular complexity index is 785. The van der Waals surface area contributed by atoms with Gasteiger partial charge in [-0.3, -0.25) is 0 Å². The highest BCUT2D eigenvalue weighted by Gasteiger charge is 2.24. The second-order valence-corrected chi connectivity index (χ2v) is 8.35. The van der Waals surface area contributed by atoms with Gasteiger partial charge in [-0.2, -0.15) is 0 Å². The fraction of sp³-hybridized carbons (Fsp3) is 0.300. The molecule has 128 valence electrons. The molecule has 1 saturated carbocycles. The van der Waals surface area contributed by atoms with Crippen LogP contribution in [-0.2, 0) is 0 Å². The lowest BCUT2D eigenvalue weighted by Gasteiger charge is -2.26. The van der Waals surface area contributed by atoms with Gasteiger partial charge in [-0.05, 0) is 37.1 Å². The van der Waals surface area contributed by atoms with Crippen LogP contribution in [0.2, 0.25) is 0 Å². The number of halogens is 2. The Kier molecular flexibility index (Phi) is 5.04. The number of rotatable bonds is 3. The molecular formula is C20H19Br2N3. The van der Waals surface area contributed by atoms with Gasteiger partial charge in [0.15, 0.2) is 11.6 Å². The van der Waals surface area contributed by atoms with Gasteiger partial charge < -0.3 is 4.57 Å². The quantitative estimate of drug-likeness (QED) is 0.438. The Morgan fingerprint density at radius 2 is 1.12 bits per heavy atom. The molecule has 0 aliphatic heterocycles. The molecule has 0 saturated heterocycles. The van der Waals surface area contributed by atoms with E-state index >= 15 is 0 Å². The summed E-state index contributed by atoms with van der Waals surface area (Å²) >= 11 is 7.03. The minimum Gasteiger partial charge on any atom is -0.304 e. The van der Waals surface area contributed by atoms with E-state index in [1.165, 1.54) is 32.1 Å². The molecular weight excluding hydrogens is 442 g/mol. The van der Waals surface area contributed by atoms with Gasteiger partial charge in [0.05, 0.1) is 0 Å². The summed E-state index contributed by atoms with van der Waals surface area (Å²) < 4.78 is 4.52. The van der Waals surface area contributed by atoms with Gasteiger partial charge >= 0.3 is 0 Å². The van der Waals surface area contributed by atoms with Crippen molar-refractivity contribution >= 4 is 31.9 Å². The molecule has 0 unspecified atom stereocenters. The Labute approximate surface area is 164 Å². The van der Waals surface area contributed by atoms with Crippen LogP contribution in [-0.4, -0.2) is 14.8 Å². The average Bonchev–Trinajstić information content (AvgIpc) is 3.09. The molecule has 25 heavy (non-hydrogen) atoms. The summed E-state index contributed by atoms with van der Waals surface area (Å²) in [6.07, 6.45) is 6.29. The van der Waals surface area contributed by atoms with E-state index in [0.717, 1.165) is 31.7 Å². The molecule has 1 heterocycles. The van der Waals surface area contributed by atoms with Gasteiger partial charge in [0.25, 0.3) is 0 Å². The van der Waals surface area contributed by atoms with Crippen LogP contribution in [0, 0.1) is 0 Å². The van der Waals surface area contributed by atoms with E-state index in [4.69, 9.17) is 0 Å². The molecule has 0 N–H and O–H groups in total. The first-order valence-corrected chi connectivity index (χ1v) is 10.3. The summed E-state index contributed by atoms with van der Waals surface area (Å²) in [6, 6.07) is 17.2. The molecule has 1 aromatic heterocycles. The van der Waals surface area contributed by atoms with E-state index in [0.29, 0.717) is 6.04 Å². The first-order valence-electron chi connectivity index (χ1n) is 8.69. The molecule has 0 spiro atoms. The maximum Gasteiger partial charge on any atom is 0.164 e. The highest BCUT2D eigenvalue weighted by molar-refractivity contribution is 9.10. The van der Waals surface area contributed by atoms with Gasteiger partial charge in [0.2, 0.25) is 0 Å². The second-order valence-electron chi connectivity index (χ2n) is 6.52. The van der Waals surface area contributed by atoms with Crippen molar-refractivity contribution < 1.29 is 0 Å². The molecule has 4 rings (SSSR count). The predicted octanol–water partition coefficient (Wildman–Crippen LogP) is 6.64. The maximum absolute atomic E-state index is 4.58. The van der Waals surface area contributed by atoms with Gasteiger partial charge in [-0.1, -0.05) is 75.4 Å². The monoisotopic (exact) mass is 459 g/mol. The molecule has 3 aromatic rings. The van der Waals surface area contributed by atoms with E-state index in [1.807, 2.05) is 0 Å². The fourth-order valence-electron chi connectivity index (χ4n) is 3.57. The summed E-state index contributed by atoms with van der Waals surface area (Å²) in [4.78, 5) is 0. The van der Waals surface area contributed by atoms with Crippen LogP contribution in [0.25, 0.3) is 22.8 Å². The molecule has 0 bridgehead atoms. The summed E-state index contributed by atoms with van der Waals surface area (Å²) in [5.74, 6) is 1.94. The van der Waals surface area contributed by atoms with Crippen LogP contribution in [0.15, 0.2) is 57.5 Å². The zero-order valence-electron chi connectivity index (χ0n) is 13.8. The molecule has 1 fully saturated rings. The largest absolute Gasteiger partial charge is 0.304 e. The Morgan fingerprint density at radius 1 is 0.680 bits per heavy atom. The van der Waals surface area contributed by atoms with Crippen molar-refractivity contribution in [1.29, 1.82) is 0 Å². The summed E-state index contributed by atoms with van der Waals surface area (Å²) in [6.45, 7) is 0. The number of benzene rings is 2. The Morgan fingerprint density at radius 3 is 1.56 bits per heavy atom. The van der Waals surface area contributed by atoms with E-state index < -0.39 is 0 Å². The number of hydrogen-bond acceptors (Lipinski definition) is 2. The highest BCUT2D eigenvalue weighted by Crippen LogP contribution is 2.36. The number of aromatic nitrogens is 3. The molecule has 3 nitrogen and oxygen atoms in total. The molecule has 0 radical (unpaired) electrons. The van der Waals surface area contributed by atoms with Gasteiger partial charge in [0.1, 0.15) is 0 Å². The van der Waals surface area contributed by atoms with Crippen molar-refractivity contribution in [2.75, 3.05) is 0 Å². The van der Waals surface area contributed by atoms with Crippen LogP contribution < -0.4 is 0 Å². The van der Waals surface area contributed by atoms with Crippen molar-refractivity contribution in [3.05, 3.63) is 57.5 Å². The van der Waals surface area contributed by atoms with E-state index in [1.54, 1.807) is 0 Å². The Balaban J connectivity index is 1.83. The van der Waals surface area contributed by atoms with Crippen LogP contribution in [0.1, 0.15) is 38.1 Å². The molecule has 2 aromatic carbocycles. The SMILES string of the molecule is Brc1ccc(-c2nnc(-c3ccc(Br)cc3)n2C2CCCCC2)cc1. The van der Waals surface area contributed by atoms with Crippen molar-refractivity contribution in [2.45, 2.75) is 38.1 Å². The van der Waals surface area contributed by atoms with Crippen LogP contribution in [0.3, 0.4) is 0 Å². The van der Waals surface area contributed by atoms with Gasteiger partial charge in [0, 0.05) is 26.1 Å². The van der Waals surface area contributed by atoms with Crippen molar-refractivity contribution in [1.82, 2.24) is 14.8 Å². The summed E-state index contributed by atoms with van der Waals surface area (Å²) in [5.41, 5.74) is 2.23. The third kappa shape index (κ3) is 3.58. The average molecular weight is 461 g/mol. The number of nitrogens with zero attached hydrogens (tertiary/aromatic N) is 3. The maximum atomic E-state index is 4.58. The minimum absolute atomic E-state index is 0.473. The molecule has 0 atom stereocenters. The smallest absolute Gasteiger partial charge is 0.164 e. The summed E-state index contributed by atoms with van der Waals surface area (Å²) in [7, 11) is 0. The number of hydrogen-bond donors (Lipinski definition) is 0. The minimum atomic E-state index is 0.473. The van der Waals surface area contributed by atoms with E-state index in [9.17, 15) is 0 Å². The van der Waals surface area contributed by atoms with E-state index in [-0.39, 0.29) is 0 Å². The molecule has 0 amide bonds. The highest BCUT2D eigenvalue weighted by atomic mass is 79.9. The third-order valence-corrected chi connectivity index (χ3v) is 5.90. The standard InChI is InChI=1S/C20H19Br2N3/c21-16-10-6-14(7-11-16)19-23-24-20(15-8-12-17(22)13-9-15)25(19)18-4-2-1-3-5-18/h6-13,18H,1-5H2. The van der Waals surface area contributed by atoms with Crippen molar-refractivity contribution in [3.63, 3.8) is 0 Å². The van der Waals surface area contributed by atoms with Crippen LogP contribution >= 0.6 is 31.9 Å². The van der Waals surface area contributed by atoms with Gasteiger partial charge in [-0.25, -0.2) is 0 Å². The normalized spacial score (nSPS) is 15.4. The Hall–Kier alpha value is -1.46. The third-order valence-electron chi connectivity index (χ3n) is 4.84. The lowest BCUT2D eigenvalue weighted by Crippen LogP contribution is -2.15. The lowest BCUT2D eigenvalue weighted by atomic mass is 9.94. The first-order chi connectivity index (χ1) is 12.2. The van der Waals surface area contributed by atoms with Crippen molar-refractivity contribution in [2.24, 2.45) is 0 Å². The first kappa shape index (κ1) is 17.0. The zero-order valence-corrected chi connectivity index (χ0v) is 17.0. The molecule has 1 aliphatic carbocycles. The fourth-order valence-corrected chi connectivity index (χ4v) is 4.10.